The number of ether oxygens (including phenoxy) is 2. The molecular formula is C12H20N2O4. The van der Waals surface area contributed by atoms with Crippen molar-refractivity contribution in [3.05, 3.63) is 0 Å². The first-order valence-corrected chi connectivity index (χ1v) is 5.74. The fourth-order valence-electron chi connectivity index (χ4n) is 1.26. The second kappa shape index (κ2) is 7.67. The minimum absolute atomic E-state index is 0.166. The van der Waals surface area contributed by atoms with Gasteiger partial charge in [-0.3, -0.25) is 9.59 Å². The Morgan fingerprint density at radius 1 is 1.39 bits per heavy atom. The van der Waals surface area contributed by atoms with Crippen molar-refractivity contribution in [1.82, 2.24) is 4.90 Å². The number of hydrogen-bond donors (Lipinski definition) is 0. The van der Waals surface area contributed by atoms with E-state index in [0.717, 1.165) is 0 Å². The first kappa shape index (κ1) is 16.4. The maximum absolute atomic E-state index is 12.1. The molecule has 0 aromatic rings. The van der Waals surface area contributed by atoms with Crippen molar-refractivity contribution in [1.29, 1.82) is 5.26 Å². The summed E-state index contributed by atoms with van der Waals surface area (Å²) in [5.41, 5.74) is -1.17. The molecular weight excluding hydrogens is 236 g/mol. The Morgan fingerprint density at radius 2 is 2.00 bits per heavy atom. The first-order valence-electron chi connectivity index (χ1n) is 5.74. The van der Waals surface area contributed by atoms with Gasteiger partial charge in [0, 0.05) is 13.7 Å². The van der Waals surface area contributed by atoms with Crippen LogP contribution in [0.15, 0.2) is 0 Å². The average Bonchev–Trinajstić information content (AvgIpc) is 2.33. The van der Waals surface area contributed by atoms with Crippen molar-refractivity contribution in [3.8, 4) is 6.07 Å². The summed E-state index contributed by atoms with van der Waals surface area (Å²) in [6.45, 7) is 5.36. The van der Waals surface area contributed by atoms with E-state index >= 15 is 0 Å². The van der Waals surface area contributed by atoms with Crippen molar-refractivity contribution >= 4 is 11.9 Å². The van der Waals surface area contributed by atoms with Crippen LogP contribution in [0.25, 0.3) is 0 Å². The summed E-state index contributed by atoms with van der Waals surface area (Å²) < 4.78 is 9.67. The van der Waals surface area contributed by atoms with Crippen molar-refractivity contribution in [2.45, 2.75) is 20.8 Å². The van der Waals surface area contributed by atoms with Crippen LogP contribution >= 0.6 is 0 Å². The molecule has 0 aliphatic heterocycles. The molecule has 1 amide bonds. The molecule has 0 unspecified atom stereocenters. The Morgan fingerprint density at radius 3 is 2.44 bits per heavy atom. The molecule has 0 saturated heterocycles. The van der Waals surface area contributed by atoms with Gasteiger partial charge in [0.1, 0.15) is 12.0 Å². The summed E-state index contributed by atoms with van der Waals surface area (Å²) >= 11 is 0. The third-order valence-electron chi connectivity index (χ3n) is 2.29. The quantitative estimate of drug-likeness (QED) is 0.622. The highest BCUT2D eigenvalue weighted by atomic mass is 16.5. The maximum Gasteiger partial charge on any atom is 0.325 e. The highest BCUT2D eigenvalue weighted by Gasteiger charge is 2.33. The Kier molecular flexibility index (Phi) is 6.98. The molecule has 0 fully saturated rings. The number of carbonyl (C=O) groups is 2. The zero-order valence-electron chi connectivity index (χ0n) is 11.4. The molecule has 0 radical (unpaired) electrons. The fourth-order valence-corrected chi connectivity index (χ4v) is 1.26. The van der Waals surface area contributed by atoms with Gasteiger partial charge in [-0.1, -0.05) is 0 Å². The second-order valence-electron chi connectivity index (χ2n) is 4.26. The summed E-state index contributed by atoms with van der Waals surface area (Å²) in [6, 6.07) is 1.92. The van der Waals surface area contributed by atoms with Gasteiger partial charge in [-0.15, -0.1) is 0 Å². The molecule has 0 heterocycles. The smallest absolute Gasteiger partial charge is 0.325 e. The molecule has 0 N–H and O–H groups in total. The van der Waals surface area contributed by atoms with Gasteiger partial charge in [-0.2, -0.15) is 5.26 Å². The Bertz CT molecular complexity index is 333. The third-order valence-corrected chi connectivity index (χ3v) is 2.29. The normalized spacial score (nSPS) is 10.6. The van der Waals surface area contributed by atoms with Gasteiger partial charge >= 0.3 is 5.97 Å². The molecule has 18 heavy (non-hydrogen) atoms. The molecule has 6 nitrogen and oxygen atoms in total. The van der Waals surface area contributed by atoms with Crippen molar-refractivity contribution in [2.24, 2.45) is 5.41 Å². The van der Waals surface area contributed by atoms with Crippen LogP contribution < -0.4 is 0 Å². The van der Waals surface area contributed by atoms with Gasteiger partial charge < -0.3 is 14.4 Å². The van der Waals surface area contributed by atoms with Crippen LogP contribution in [-0.2, 0) is 19.1 Å². The molecule has 0 aliphatic rings. The lowest BCUT2D eigenvalue weighted by Gasteiger charge is -2.26. The maximum atomic E-state index is 12.1. The number of hydrogen-bond acceptors (Lipinski definition) is 5. The topological polar surface area (TPSA) is 79.6 Å². The zero-order valence-corrected chi connectivity index (χ0v) is 11.4. The van der Waals surface area contributed by atoms with Gasteiger partial charge in [0.25, 0.3) is 0 Å². The molecule has 6 heteroatoms. The molecule has 0 spiro atoms. The Hall–Kier alpha value is -1.61. The van der Waals surface area contributed by atoms with E-state index in [4.69, 9.17) is 14.7 Å². The number of esters is 1. The number of nitriles is 1. The third kappa shape index (κ3) is 5.15. The van der Waals surface area contributed by atoms with Crippen molar-refractivity contribution in [2.75, 3.05) is 33.4 Å². The fraction of sp³-hybridized carbons (Fsp3) is 0.750. The minimum Gasteiger partial charge on any atom is -0.465 e. The highest BCUT2D eigenvalue weighted by Crippen LogP contribution is 2.17. The van der Waals surface area contributed by atoms with Crippen molar-refractivity contribution < 1.29 is 19.1 Å². The Labute approximate surface area is 107 Å². The van der Waals surface area contributed by atoms with Crippen LogP contribution in [0.1, 0.15) is 20.8 Å². The monoisotopic (exact) mass is 256 g/mol. The number of amides is 1. The first-order chi connectivity index (χ1) is 8.38. The summed E-state index contributed by atoms with van der Waals surface area (Å²) in [4.78, 5) is 24.8. The highest BCUT2D eigenvalue weighted by molar-refractivity contribution is 5.87. The van der Waals surface area contributed by atoms with E-state index in [-0.39, 0.29) is 19.7 Å². The van der Waals surface area contributed by atoms with Crippen LogP contribution in [0, 0.1) is 16.7 Å². The summed E-state index contributed by atoms with van der Waals surface area (Å²) in [5.74, 6) is -0.897. The molecule has 0 aliphatic carbocycles. The number of nitrogens with zero attached hydrogens (tertiary/aromatic N) is 2. The van der Waals surface area contributed by atoms with E-state index in [9.17, 15) is 9.59 Å². The van der Waals surface area contributed by atoms with Gasteiger partial charge in [-0.25, -0.2) is 0 Å². The molecule has 0 atom stereocenters. The molecule has 0 aromatic heterocycles. The lowest BCUT2D eigenvalue weighted by molar-refractivity contribution is -0.151. The van der Waals surface area contributed by atoms with E-state index in [1.165, 1.54) is 25.9 Å². The van der Waals surface area contributed by atoms with Crippen LogP contribution in [0.2, 0.25) is 0 Å². The van der Waals surface area contributed by atoms with Crippen LogP contribution in [0.5, 0.6) is 0 Å². The van der Waals surface area contributed by atoms with E-state index in [1.54, 1.807) is 6.92 Å². The number of carbonyl (C=O) groups excluding carboxylic acids is 2. The van der Waals surface area contributed by atoms with Crippen molar-refractivity contribution in [3.63, 3.8) is 0 Å². The molecule has 102 valence electrons. The number of methoxy groups -OCH3 is 1. The standard InChI is InChI=1S/C12H20N2O4/c1-5-18-10(15)8-14(6-7-17-4)11(16)12(2,3)9-13/h5-8H2,1-4H3. The SMILES string of the molecule is CCOC(=O)CN(CCOC)C(=O)C(C)(C)C#N. The molecule has 0 bridgehead atoms. The summed E-state index contributed by atoms with van der Waals surface area (Å²) in [7, 11) is 1.50. The average molecular weight is 256 g/mol. The predicted octanol–water partition coefficient (Wildman–Crippen LogP) is 0.574. The summed E-state index contributed by atoms with van der Waals surface area (Å²) in [5, 5.41) is 8.93. The van der Waals surface area contributed by atoms with E-state index in [2.05, 4.69) is 0 Å². The minimum atomic E-state index is -1.17. The largest absolute Gasteiger partial charge is 0.465 e. The van der Waals surface area contributed by atoms with E-state index in [1.807, 2.05) is 6.07 Å². The van der Waals surface area contributed by atoms with E-state index < -0.39 is 17.3 Å². The summed E-state index contributed by atoms with van der Waals surface area (Å²) in [6.07, 6.45) is 0. The molecule has 0 rings (SSSR count). The van der Waals surface area contributed by atoms with Gasteiger partial charge in [-0.05, 0) is 20.8 Å². The molecule has 0 saturated carbocycles. The predicted molar refractivity (Wildman–Crippen MR) is 64.5 cm³/mol. The zero-order chi connectivity index (χ0) is 14.2. The lowest BCUT2D eigenvalue weighted by atomic mass is 9.94. The van der Waals surface area contributed by atoms with E-state index in [0.29, 0.717) is 6.61 Å². The Balaban J connectivity index is 4.73. The van der Waals surface area contributed by atoms with Crippen LogP contribution in [-0.4, -0.2) is 50.2 Å². The van der Waals surface area contributed by atoms with Crippen LogP contribution in [0.3, 0.4) is 0 Å². The van der Waals surface area contributed by atoms with Gasteiger partial charge in [0.05, 0.1) is 19.3 Å². The van der Waals surface area contributed by atoms with Gasteiger partial charge in [0.2, 0.25) is 5.91 Å². The van der Waals surface area contributed by atoms with Crippen LogP contribution in [0.4, 0.5) is 0 Å². The van der Waals surface area contributed by atoms with Gasteiger partial charge in [0.15, 0.2) is 0 Å². The lowest BCUT2D eigenvalue weighted by Crippen LogP contribution is -2.44. The second-order valence-corrected chi connectivity index (χ2v) is 4.26. The number of rotatable bonds is 7. The molecule has 0 aromatic carbocycles.